The van der Waals surface area contributed by atoms with Gasteiger partial charge in [-0.15, -0.1) is 0 Å². The SMILES string of the molecule is CCCC(=O)Nc1ccc(OCC(=O)N[C@@H](C)c2ccccc2)c(C(C)=O)c1. The molecule has 6 nitrogen and oxygen atoms in total. The van der Waals surface area contributed by atoms with Crippen molar-refractivity contribution in [3.8, 4) is 5.75 Å². The van der Waals surface area contributed by atoms with Crippen molar-refractivity contribution in [1.29, 1.82) is 0 Å². The normalized spacial score (nSPS) is 11.4. The fraction of sp³-hybridized carbons (Fsp3) is 0.318. The Hall–Kier alpha value is -3.15. The lowest BCUT2D eigenvalue weighted by Crippen LogP contribution is -2.31. The lowest BCUT2D eigenvalue weighted by Gasteiger charge is -2.16. The Morgan fingerprint density at radius 2 is 1.75 bits per heavy atom. The van der Waals surface area contributed by atoms with Gasteiger partial charge >= 0.3 is 0 Å². The number of amides is 2. The Labute approximate surface area is 165 Å². The average molecular weight is 382 g/mol. The van der Waals surface area contributed by atoms with Crippen LogP contribution in [0.4, 0.5) is 5.69 Å². The number of hydrogen-bond donors (Lipinski definition) is 2. The average Bonchev–Trinajstić information content (AvgIpc) is 2.67. The zero-order valence-corrected chi connectivity index (χ0v) is 16.5. The van der Waals surface area contributed by atoms with Crippen molar-refractivity contribution in [3.63, 3.8) is 0 Å². The summed E-state index contributed by atoms with van der Waals surface area (Å²) < 4.78 is 5.56. The fourth-order valence-electron chi connectivity index (χ4n) is 2.71. The van der Waals surface area contributed by atoms with Crippen LogP contribution in [-0.2, 0) is 9.59 Å². The van der Waals surface area contributed by atoms with Gasteiger partial charge in [-0.25, -0.2) is 0 Å². The molecule has 2 amide bonds. The van der Waals surface area contributed by atoms with E-state index in [2.05, 4.69) is 10.6 Å². The van der Waals surface area contributed by atoms with Gasteiger partial charge in [0, 0.05) is 12.1 Å². The minimum atomic E-state index is -0.286. The van der Waals surface area contributed by atoms with Crippen LogP contribution < -0.4 is 15.4 Å². The lowest BCUT2D eigenvalue weighted by molar-refractivity contribution is -0.123. The third-order valence-electron chi connectivity index (χ3n) is 4.16. The molecule has 0 aromatic heterocycles. The number of rotatable bonds is 9. The topological polar surface area (TPSA) is 84.5 Å². The predicted molar refractivity (Wildman–Crippen MR) is 108 cm³/mol. The second-order valence-corrected chi connectivity index (χ2v) is 6.55. The summed E-state index contributed by atoms with van der Waals surface area (Å²) in [5.41, 5.74) is 1.84. The predicted octanol–water partition coefficient (Wildman–Crippen LogP) is 3.88. The van der Waals surface area contributed by atoms with E-state index >= 15 is 0 Å². The van der Waals surface area contributed by atoms with E-state index in [0.29, 0.717) is 23.4 Å². The summed E-state index contributed by atoms with van der Waals surface area (Å²) in [6.07, 6.45) is 1.15. The van der Waals surface area contributed by atoms with Crippen LogP contribution >= 0.6 is 0 Å². The molecule has 1 atom stereocenters. The molecule has 0 bridgehead atoms. The maximum atomic E-state index is 12.2. The third-order valence-corrected chi connectivity index (χ3v) is 4.16. The minimum Gasteiger partial charge on any atom is -0.483 e. The lowest BCUT2D eigenvalue weighted by atomic mass is 10.1. The monoisotopic (exact) mass is 382 g/mol. The van der Waals surface area contributed by atoms with Gasteiger partial charge in [0.2, 0.25) is 5.91 Å². The number of ketones is 1. The smallest absolute Gasteiger partial charge is 0.258 e. The summed E-state index contributed by atoms with van der Waals surface area (Å²) in [7, 11) is 0. The quantitative estimate of drug-likeness (QED) is 0.645. The molecular formula is C22H26N2O4. The van der Waals surface area contributed by atoms with Crippen molar-refractivity contribution >= 4 is 23.3 Å². The first-order valence-corrected chi connectivity index (χ1v) is 9.32. The van der Waals surface area contributed by atoms with Gasteiger partial charge in [-0.3, -0.25) is 14.4 Å². The van der Waals surface area contributed by atoms with E-state index in [4.69, 9.17) is 4.74 Å². The zero-order chi connectivity index (χ0) is 20.5. The van der Waals surface area contributed by atoms with E-state index in [0.717, 1.165) is 12.0 Å². The van der Waals surface area contributed by atoms with Gasteiger partial charge in [0.1, 0.15) is 5.75 Å². The van der Waals surface area contributed by atoms with Crippen LogP contribution in [-0.4, -0.2) is 24.2 Å². The first-order chi connectivity index (χ1) is 13.4. The molecule has 2 N–H and O–H groups in total. The van der Waals surface area contributed by atoms with Crippen LogP contribution in [0.25, 0.3) is 0 Å². The summed E-state index contributed by atoms with van der Waals surface area (Å²) >= 11 is 0. The van der Waals surface area contributed by atoms with E-state index in [9.17, 15) is 14.4 Å². The molecule has 0 aliphatic rings. The van der Waals surface area contributed by atoms with Gasteiger partial charge in [0.15, 0.2) is 12.4 Å². The van der Waals surface area contributed by atoms with Crippen molar-refractivity contribution in [3.05, 3.63) is 59.7 Å². The Morgan fingerprint density at radius 3 is 2.39 bits per heavy atom. The van der Waals surface area contributed by atoms with Crippen LogP contribution in [0, 0.1) is 0 Å². The molecule has 2 aromatic rings. The zero-order valence-electron chi connectivity index (χ0n) is 16.5. The first-order valence-electron chi connectivity index (χ1n) is 9.32. The summed E-state index contributed by atoms with van der Waals surface area (Å²) in [5.74, 6) is -0.297. The maximum absolute atomic E-state index is 12.2. The van der Waals surface area contributed by atoms with Crippen LogP contribution in [0.2, 0.25) is 0 Å². The van der Waals surface area contributed by atoms with Gasteiger partial charge in [-0.05, 0) is 44.0 Å². The highest BCUT2D eigenvalue weighted by Crippen LogP contribution is 2.24. The van der Waals surface area contributed by atoms with Crippen molar-refractivity contribution in [2.75, 3.05) is 11.9 Å². The van der Waals surface area contributed by atoms with E-state index in [1.165, 1.54) is 6.92 Å². The molecule has 0 aliphatic heterocycles. The Morgan fingerprint density at radius 1 is 1.04 bits per heavy atom. The molecule has 0 spiro atoms. The second kappa shape index (κ2) is 10.3. The van der Waals surface area contributed by atoms with Gasteiger partial charge < -0.3 is 15.4 Å². The Kier molecular flexibility index (Phi) is 7.75. The highest BCUT2D eigenvalue weighted by Gasteiger charge is 2.14. The van der Waals surface area contributed by atoms with Gasteiger partial charge in [-0.1, -0.05) is 37.3 Å². The van der Waals surface area contributed by atoms with Crippen molar-refractivity contribution in [1.82, 2.24) is 5.32 Å². The molecule has 0 aliphatic carbocycles. The highest BCUT2D eigenvalue weighted by molar-refractivity contribution is 5.99. The molecule has 0 radical (unpaired) electrons. The number of carbonyl (C=O) groups is 3. The number of Topliss-reactive ketones (excluding diaryl/α,β-unsaturated/α-hetero) is 1. The Bertz CT molecular complexity index is 834. The largest absolute Gasteiger partial charge is 0.483 e. The number of nitrogens with one attached hydrogen (secondary N) is 2. The van der Waals surface area contributed by atoms with Crippen LogP contribution in [0.1, 0.15) is 55.6 Å². The van der Waals surface area contributed by atoms with Gasteiger partial charge in [0.25, 0.3) is 5.91 Å². The molecule has 28 heavy (non-hydrogen) atoms. The number of carbonyl (C=O) groups excluding carboxylic acids is 3. The van der Waals surface area contributed by atoms with Crippen LogP contribution in [0.5, 0.6) is 5.75 Å². The number of ether oxygens (including phenoxy) is 1. The molecule has 6 heteroatoms. The molecule has 0 unspecified atom stereocenters. The summed E-state index contributed by atoms with van der Waals surface area (Å²) in [6.45, 7) is 5.01. The van der Waals surface area contributed by atoms with E-state index in [-0.39, 0.29) is 30.2 Å². The molecule has 0 fully saturated rings. The second-order valence-electron chi connectivity index (χ2n) is 6.55. The van der Waals surface area contributed by atoms with Crippen molar-refractivity contribution in [2.24, 2.45) is 0 Å². The van der Waals surface area contributed by atoms with E-state index in [1.807, 2.05) is 44.2 Å². The molecule has 2 aromatic carbocycles. The summed E-state index contributed by atoms with van der Waals surface area (Å²) in [6, 6.07) is 14.3. The standard InChI is InChI=1S/C22H26N2O4/c1-4-8-21(26)24-18-11-12-20(19(13-18)16(3)25)28-14-22(27)23-15(2)17-9-6-5-7-10-17/h5-7,9-13,15H,4,8,14H2,1-3H3,(H,23,27)(H,24,26)/t15-/m0/s1. The van der Waals surface area contributed by atoms with E-state index < -0.39 is 0 Å². The third kappa shape index (κ3) is 6.23. The molecule has 0 heterocycles. The van der Waals surface area contributed by atoms with Crippen molar-refractivity contribution in [2.45, 2.75) is 39.7 Å². The maximum Gasteiger partial charge on any atom is 0.258 e. The van der Waals surface area contributed by atoms with Crippen LogP contribution in [0.3, 0.4) is 0 Å². The molecule has 0 saturated carbocycles. The highest BCUT2D eigenvalue weighted by atomic mass is 16.5. The Balaban J connectivity index is 1.99. The molecular weight excluding hydrogens is 356 g/mol. The first kappa shape index (κ1) is 21.2. The number of benzene rings is 2. The van der Waals surface area contributed by atoms with Gasteiger partial charge in [0.05, 0.1) is 11.6 Å². The minimum absolute atomic E-state index is 0.111. The molecule has 0 saturated heterocycles. The van der Waals surface area contributed by atoms with Crippen LogP contribution in [0.15, 0.2) is 48.5 Å². The summed E-state index contributed by atoms with van der Waals surface area (Å²) in [4.78, 5) is 35.9. The number of hydrogen-bond acceptors (Lipinski definition) is 4. The van der Waals surface area contributed by atoms with Gasteiger partial charge in [-0.2, -0.15) is 0 Å². The summed E-state index contributed by atoms with van der Waals surface area (Å²) in [5, 5.41) is 5.61. The molecule has 148 valence electrons. The molecule has 2 rings (SSSR count). The van der Waals surface area contributed by atoms with Crippen molar-refractivity contribution < 1.29 is 19.1 Å². The number of anilines is 1. The van der Waals surface area contributed by atoms with E-state index in [1.54, 1.807) is 18.2 Å². The fourth-order valence-corrected chi connectivity index (χ4v) is 2.71.